The molecule has 0 bridgehead atoms. The fraction of sp³-hybridized carbons (Fsp3) is 0.345. The first-order valence-corrected chi connectivity index (χ1v) is 14.9. The number of para-hydroxylation sites is 2. The van der Waals surface area contributed by atoms with E-state index in [0.717, 1.165) is 22.6 Å². The second-order valence-corrected chi connectivity index (χ2v) is 12.1. The van der Waals surface area contributed by atoms with Gasteiger partial charge in [-0.05, 0) is 49.9 Å². The number of carbonyl (C=O) groups excluding carboxylic acids is 3. The zero-order valence-electron chi connectivity index (χ0n) is 23.6. The Morgan fingerprint density at radius 1 is 1.02 bits per heavy atom. The topological polar surface area (TPSA) is 125 Å². The van der Waals surface area contributed by atoms with Crippen molar-refractivity contribution in [2.24, 2.45) is 0 Å². The molecule has 0 aromatic heterocycles. The Morgan fingerprint density at radius 2 is 1.66 bits per heavy atom. The van der Waals surface area contributed by atoms with Crippen LogP contribution >= 0.6 is 12.4 Å². The van der Waals surface area contributed by atoms with Crippen molar-refractivity contribution in [3.63, 3.8) is 0 Å². The number of rotatable bonds is 8. The number of hydrogen-bond acceptors (Lipinski definition) is 7. The first kappa shape index (κ1) is 31.9. The van der Waals surface area contributed by atoms with E-state index in [0.29, 0.717) is 17.1 Å². The average Bonchev–Trinajstić information content (AvgIpc) is 3.00. The van der Waals surface area contributed by atoms with Crippen molar-refractivity contribution in [1.29, 1.82) is 0 Å². The van der Waals surface area contributed by atoms with Gasteiger partial charge < -0.3 is 25.2 Å². The molecule has 3 atom stereocenters. The van der Waals surface area contributed by atoms with Crippen LogP contribution in [-0.2, 0) is 30.8 Å². The second kappa shape index (κ2) is 12.9. The Morgan fingerprint density at radius 3 is 2.29 bits per heavy atom. The van der Waals surface area contributed by atoms with Gasteiger partial charge in [0, 0.05) is 11.8 Å². The molecule has 3 aromatic carbocycles. The van der Waals surface area contributed by atoms with Gasteiger partial charge >= 0.3 is 0 Å². The van der Waals surface area contributed by atoms with Gasteiger partial charge in [0.25, 0.3) is 5.91 Å². The van der Waals surface area contributed by atoms with E-state index < -0.39 is 51.4 Å². The van der Waals surface area contributed by atoms with Crippen molar-refractivity contribution < 1.29 is 27.5 Å². The Hall–Kier alpha value is -3.67. The molecule has 41 heavy (non-hydrogen) atoms. The van der Waals surface area contributed by atoms with Gasteiger partial charge in [0.15, 0.2) is 9.84 Å². The average molecular weight is 603 g/mol. The summed E-state index contributed by atoms with van der Waals surface area (Å²) in [4.78, 5) is 43.7. The van der Waals surface area contributed by atoms with E-state index in [1.54, 1.807) is 52.3 Å². The zero-order chi connectivity index (χ0) is 29.2. The maximum absolute atomic E-state index is 14.4. The summed E-state index contributed by atoms with van der Waals surface area (Å²) in [6, 6.07) is 15.7. The van der Waals surface area contributed by atoms with Crippen molar-refractivity contribution in [2.75, 3.05) is 36.0 Å². The third-order valence-corrected chi connectivity index (χ3v) is 7.94. The molecule has 0 radical (unpaired) electrons. The van der Waals surface area contributed by atoms with Crippen LogP contribution in [0, 0.1) is 0 Å². The highest BCUT2D eigenvalue weighted by atomic mass is 35.5. The van der Waals surface area contributed by atoms with Crippen molar-refractivity contribution in [2.45, 2.75) is 38.5 Å². The first-order valence-electron chi connectivity index (χ1n) is 12.9. The number of ether oxygens (including phenoxy) is 1. The molecule has 3 aromatic rings. The lowest BCUT2D eigenvalue weighted by Gasteiger charge is -2.32. The number of benzene rings is 3. The third kappa shape index (κ3) is 6.64. The minimum absolute atomic E-state index is 0. The monoisotopic (exact) mass is 602 g/mol. The Balaban J connectivity index is 0.00000462. The van der Waals surface area contributed by atoms with Gasteiger partial charge in [-0.1, -0.05) is 42.5 Å². The van der Waals surface area contributed by atoms with Gasteiger partial charge in [0.05, 0.1) is 37.1 Å². The highest BCUT2D eigenvalue weighted by Crippen LogP contribution is 2.38. The van der Waals surface area contributed by atoms with E-state index in [4.69, 9.17) is 4.74 Å². The molecule has 0 aliphatic carbocycles. The first-order chi connectivity index (χ1) is 19.0. The van der Waals surface area contributed by atoms with Gasteiger partial charge in [-0.3, -0.25) is 14.4 Å². The molecule has 0 saturated carbocycles. The van der Waals surface area contributed by atoms with Crippen LogP contribution in [0.1, 0.15) is 19.4 Å². The number of halogens is 1. The molecule has 1 aliphatic heterocycles. The van der Waals surface area contributed by atoms with Crippen molar-refractivity contribution >= 4 is 62.1 Å². The van der Waals surface area contributed by atoms with E-state index in [9.17, 15) is 22.8 Å². The van der Waals surface area contributed by atoms with Gasteiger partial charge in [0.1, 0.15) is 17.5 Å². The molecule has 1 aliphatic rings. The van der Waals surface area contributed by atoms with Crippen LogP contribution in [0.2, 0.25) is 0 Å². The van der Waals surface area contributed by atoms with E-state index in [1.807, 2.05) is 36.4 Å². The van der Waals surface area contributed by atoms with Crippen LogP contribution in [0.3, 0.4) is 0 Å². The molecule has 3 amide bonds. The number of likely N-dealkylation sites (N-methyl/N-ethyl adjacent to an activating group) is 1. The third-order valence-electron chi connectivity index (χ3n) is 7.17. The SMILES string of the molecule is CNC(C)C(=O)N[C@@H]1C(=O)N(Cc2c(OC)ccc3ccccc23)c2ccccc2N(C(=O)CS(C)(=O)=O)[C@H]1C.Cl. The van der Waals surface area contributed by atoms with Crippen LogP contribution < -0.4 is 25.2 Å². The fourth-order valence-corrected chi connectivity index (χ4v) is 5.58. The summed E-state index contributed by atoms with van der Waals surface area (Å²) in [6.07, 6.45) is 0.984. The summed E-state index contributed by atoms with van der Waals surface area (Å²) in [7, 11) is -0.499. The molecule has 4 rings (SSSR count). The fourth-order valence-electron chi connectivity index (χ4n) is 5.00. The normalized spacial score (nSPS) is 17.7. The molecule has 0 saturated heterocycles. The molecule has 12 heteroatoms. The Kier molecular flexibility index (Phi) is 10.0. The summed E-state index contributed by atoms with van der Waals surface area (Å²) >= 11 is 0. The van der Waals surface area contributed by atoms with E-state index >= 15 is 0 Å². The highest BCUT2D eigenvalue weighted by Gasteiger charge is 2.43. The Bertz CT molecular complexity index is 1560. The van der Waals surface area contributed by atoms with Crippen LogP contribution in [0.15, 0.2) is 60.7 Å². The van der Waals surface area contributed by atoms with E-state index in [-0.39, 0.29) is 19.0 Å². The van der Waals surface area contributed by atoms with E-state index in [1.165, 1.54) is 9.80 Å². The molecule has 220 valence electrons. The minimum atomic E-state index is -3.68. The Labute approximate surface area is 246 Å². The van der Waals surface area contributed by atoms with Gasteiger partial charge in [-0.25, -0.2) is 8.42 Å². The number of sulfone groups is 1. The summed E-state index contributed by atoms with van der Waals surface area (Å²) in [5.74, 6) is -1.74. The number of anilines is 2. The summed E-state index contributed by atoms with van der Waals surface area (Å²) in [5.41, 5.74) is 1.53. The lowest BCUT2D eigenvalue weighted by atomic mass is 10.0. The molecule has 0 spiro atoms. The lowest BCUT2D eigenvalue weighted by Crippen LogP contribution is -2.60. The van der Waals surface area contributed by atoms with Gasteiger partial charge in [-0.2, -0.15) is 0 Å². The molecule has 1 heterocycles. The lowest BCUT2D eigenvalue weighted by molar-refractivity contribution is -0.129. The predicted octanol–water partition coefficient (Wildman–Crippen LogP) is 2.68. The maximum atomic E-state index is 14.4. The molecule has 1 unspecified atom stereocenters. The smallest absolute Gasteiger partial charge is 0.252 e. The molecular formula is C29H35ClN4O6S. The van der Waals surface area contributed by atoms with Crippen molar-refractivity contribution in [1.82, 2.24) is 10.6 Å². The summed E-state index contributed by atoms with van der Waals surface area (Å²) < 4.78 is 29.9. The molecule has 10 nitrogen and oxygen atoms in total. The number of amides is 3. The van der Waals surface area contributed by atoms with Gasteiger partial charge in [-0.15, -0.1) is 12.4 Å². The number of methoxy groups -OCH3 is 1. The number of carbonyl (C=O) groups is 3. The van der Waals surface area contributed by atoms with Crippen molar-refractivity contribution in [3.8, 4) is 5.75 Å². The maximum Gasteiger partial charge on any atom is 0.252 e. The van der Waals surface area contributed by atoms with Crippen LogP contribution in [-0.4, -0.2) is 70.4 Å². The number of fused-ring (bicyclic) bond motifs is 2. The standard InChI is InChI=1S/C29H34N4O6S.ClH/c1-18(30-3)28(35)31-27-19(2)33(26(34)17-40(5,37)38)24-13-9-8-12-23(24)32(29(27)36)16-22-21-11-7-6-10-20(21)14-15-25(22)39-4;/h6-15,18-19,27,30H,16-17H2,1-5H3,(H,31,35);1H/t18?,19-,27-;/m0./s1. The molecule has 0 fully saturated rings. The van der Waals surface area contributed by atoms with Gasteiger partial charge in [0.2, 0.25) is 11.8 Å². The van der Waals surface area contributed by atoms with Crippen LogP contribution in [0.4, 0.5) is 11.4 Å². The molecule has 2 N–H and O–H groups in total. The van der Waals surface area contributed by atoms with Crippen LogP contribution in [0.25, 0.3) is 10.8 Å². The quantitative estimate of drug-likeness (QED) is 0.406. The predicted molar refractivity (Wildman–Crippen MR) is 162 cm³/mol. The molecular weight excluding hydrogens is 568 g/mol. The summed E-state index contributed by atoms with van der Waals surface area (Å²) in [6.45, 7) is 3.36. The zero-order valence-corrected chi connectivity index (χ0v) is 25.2. The highest BCUT2D eigenvalue weighted by molar-refractivity contribution is 7.91. The number of hydrogen-bond donors (Lipinski definition) is 2. The van der Waals surface area contributed by atoms with E-state index in [2.05, 4.69) is 10.6 Å². The van der Waals surface area contributed by atoms with Crippen molar-refractivity contribution in [3.05, 3.63) is 66.2 Å². The number of nitrogens with one attached hydrogen (secondary N) is 2. The summed E-state index contributed by atoms with van der Waals surface area (Å²) in [5, 5.41) is 7.51. The number of nitrogens with zero attached hydrogens (tertiary/aromatic N) is 2. The van der Waals surface area contributed by atoms with Crippen LogP contribution in [0.5, 0.6) is 5.75 Å². The largest absolute Gasteiger partial charge is 0.496 e. The minimum Gasteiger partial charge on any atom is -0.496 e. The second-order valence-electron chi connectivity index (χ2n) is 9.95.